The molecule has 3 aromatic rings. The lowest BCUT2D eigenvalue weighted by Crippen LogP contribution is -3.06. The first-order valence-electron chi connectivity index (χ1n) is 9.88. The van der Waals surface area contributed by atoms with Crippen molar-refractivity contribution < 1.29 is 4.90 Å². The topological polar surface area (TPSA) is 65.5 Å². The number of quaternary nitrogens is 1. The standard InChI is InChI=1S/C22H27N5OS/c1-4-16-9-11-17(12-10-16)23-22(29)27(14-13-26(2)3)15-20-24-19-8-6-5-7-18(19)21(28)25-20/h5-12H,4,13-15H2,1-3H3,(H,23,29)(H,24,25,28)/p+1. The molecule has 0 bridgehead atoms. The molecular formula is C22H28N5OS+. The van der Waals surface area contributed by atoms with Crippen LogP contribution in [0.3, 0.4) is 0 Å². The minimum atomic E-state index is -0.127. The number of aromatic amines is 1. The molecule has 3 N–H and O–H groups in total. The summed E-state index contributed by atoms with van der Waals surface area (Å²) in [6.45, 7) is 4.23. The van der Waals surface area contributed by atoms with Crippen molar-refractivity contribution in [2.75, 3.05) is 32.5 Å². The molecule has 3 rings (SSSR count). The van der Waals surface area contributed by atoms with Gasteiger partial charge < -0.3 is 20.1 Å². The van der Waals surface area contributed by atoms with Crippen LogP contribution in [-0.2, 0) is 13.0 Å². The fraction of sp³-hybridized carbons (Fsp3) is 0.318. The van der Waals surface area contributed by atoms with Crippen LogP contribution >= 0.6 is 12.2 Å². The maximum absolute atomic E-state index is 12.4. The summed E-state index contributed by atoms with van der Waals surface area (Å²) in [5.74, 6) is 0.605. The van der Waals surface area contributed by atoms with Gasteiger partial charge in [-0.3, -0.25) is 4.79 Å². The number of aryl methyl sites for hydroxylation is 1. The van der Waals surface area contributed by atoms with Crippen LogP contribution in [0.2, 0.25) is 0 Å². The second-order valence-electron chi connectivity index (χ2n) is 7.39. The molecule has 0 saturated heterocycles. The number of hydrogen-bond acceptors (Lipinski definition) is 3. The van der Waals surface area contributed by atoms with Crippen LogP contribution in [0, 0.1) is 0 Å². The first-order chi connectivity index (χ1) is 14.0. The maximum atomic E-state index is 12.4. The van der Waals surface area contributed by atoms with Gasteiger partial charge in [0, 0.05) is 5.69 Å². The quantitative estimate of drug-likeness (QED) is 0.519. The molecule has 0 radical (unpaired) electrons. The Bertz CT molecular complexity index is 1030. The van der Waals surface area contributed by atoms with Gasteiger partial charge in [0.05, 0.1) is 44.6 Å². The molecular weight excluding hydrogens is 382 g/mol. The number of para-hydroxylation sites is 1. The molecule has 6 nitrogen and oxygen atoms in total. The molecule has 7 heteroatoms. The van der Waals surface area contributed by atoms with Crippen molar-refractivity contribution in [3.63, 3.8) is 0 Å². The molecule has 2 aromatic carbocycles. The summed E-state index contributed by atoms with van der Waals surface area (Å²) in [6, 6.07) is 15.6. The minimum absolute atomic E-state index is 0.127. The van der Waals surface area contributed by atoms with Crippen molar-refractivity contribution in [3.05, 3.63) is 70.3 Å². The molecule has 152 valence electrons. The summed E-state index contributed by atoms with van der Waals surface area (Å²) in [5, 5.41) is 4.53. The summed E-state index contributed by atoms with van der Waals surface area (Å²) in [5.41, 5.74) is 2.80. The van der Waals surface area contributed by atoms with Gasteiger partial charge in [0.25, 0.3) is 5.56 Å². The average molecular weight is 411 g/mol. The van der Waals surface area contributed by atoms with Gasteiger partial charge in [0.15, 0.2) is 5.11 Å². The fourth-order valence-electron chi connectivity index (χ4n) is 3.03. The lowest BCUT2D eigenvalue weighted by molar-refractivity contribution is -0.857. The largest absolute Gasteiger partial charge is 0.338 e. The number of aromatic nitrogens is 2. The molecule has 0 atom stereocenters. The van der Waals surface area contributed by atoms with E-state index in [-0.39, 0.29) is 5.56 Å². The van der Waals surface area contributed by atoms with Crippen LogP contribution in [0.5, 0.6) is 0 Å². The Morgan fingerprint density at radius 2 is 1.90 bits per heavy atom. The number of H-pyrrole nitrogens is 1. The highest BCUT2D eigenvalue weighted by atomic mass is 32.1. The molecule has 0 fully saturated rings. The number of rotatable bonds is 7. The Labute approximate surface area is 176 Å². The van der Waals surface area contributed by atoms with Crippen molar-refractivity contribution >= 4 is 33.9 Å². The molecule has 0 aliphatic rings. The molecule has 1 aromatic heterocycles. The van der Waals surface area contributed by atoms with Crippen LogP contribution in [0.25, 0.3) is 10.9 Å². The highest BCUT2D eigenvalue weighted by molar-refractivity contribution is 7.80. The number of fused-ring (bicyclic) bond motifs is 1. The van der Waals surface area contributed by atoms with Crippen LogP contribution in [0.15, 0.2) is 53.3 Å². The number of nitrogens with zero attached hydrogens (tertiary/aromatic N) is 2. The van der Waals surface area contributed by atoms with E-state index in [0.29, 0.717) is 28.4 Å². The van der Waals surface area contributed by atoms with E-state index in [1.54, 1.807) is 6.07 Å². The van der Waals surface area contributed by atoms with E-state index in [1.165, 1.54) is 10.5 Å². The first-order valence-corrected chi connectivity index (χ1v) is 10.3. The predicted molar refractivity (Wildman–Crippen MR) is 122 cm³/mol. The van der Waals surface area contributed by atoms with E-state index in [2.05, 4.69) is 48.4 Å². The van der Waals surface area contributed by atoms with Gasteiger partial charge >= 0.3 is 0 Å². The van der Waals surface area contributed by atoms with Crippen LogP contribution < -0.4 is 15.8 Å². The third kappa shape index (κ3) is 5.62. The van der Waals surface area contributed by atoms with E-state index >= 15 is 0 Å². The average Bonchev–Trinajstić information content (AvgIpc) is 2.71. The summed E-state index contributed by atoms with van der Waals surface area (Å²) in [4.78, 5) is 23.3. The molecule has 1 heterocycles. The highest BCUT2D eigenvalue weighted by Gasteiger charge is 2.14. The van der Waals surface area contributed by atoms with Crippen molar-refractivity contribution in [1.82, 2.24) is 14.9 Å². The number of nitrogens with one attached hydrogen (secondary N) is 3. The Balaban J connectivity index is 1.80. The maximum Gasteiger partial charge on any atom is 0.258 e. The summed E-state index contributed by atoms with van der Waals surface area (Å²) in [7, 11) is 4.21. The molecule has 0 amide bonds. The zero-order valence-corrected chi connectivity index (χ0v) is 18.0. The van der Waals surface area contributed by atoms with Gasteiger partial charge in [-0.25, -0.2) is 4.98 Å². The molecule has 0 unspecified atom stereocenters. The van der Waals surface area contributed by atoms with E-state index < -0.39 is 0 Å². The predicted octanol–water partition coefficient (Wildman–Crippen LogP) is 1.83. The van der Waals surface area contributed by atoms with Gasteiger partial charge in [0.2, 0.25) is 0 Å². The Morgan fingerprint density at radius 1 is 1.17 bits per heavy atom. The molecule has 0 spiro atoms. The number of benzene rings is 2. The van der Waals surface area contributed by atoms with Crippen LogP contribution in [0.1, 0.15) is 18.3 Å². The smallest absolute Gasteiger partial charge is 0.258 e. The normalized spacial score (nSPS) is 11.0. The van der Waals surface area contributed by atoms with E-state index in [4.69, 9.17) is 12.2 Å². The van der Waals surface area contributed by atoms with E-state index in [0.717, 1.165) is 25.2 Å². The van der Waals surface area contributed by atoms with Crippen molar-refractivity contribution in [2.24, 2.45) is 0 Å². The second kappa shape index (κ2) is 9.62. The zero-order chi connectivity index (χ0) is 20.8. The summed E-state index contributed by atoms with van der Waals surface area (Å²) in [6.07, 6.45) is 1.00. The Hall–Kier alpha value is -2.77. The van der Waals surface area contributed by atoms with Crippen LogP contribution in [-0.4, -0.2) is 47.2 Å². The SMILES string of the molecule is CCc1ccc(NC(=S)N(CC[NH+](C)C)Cc2nc3ccccc3c(=O)[nH]2)cc1. The first kappa shape index (κ1) is 21.0. The highest BCUT2D eigenvalue weighted by Crippen LogP contribution is 2.12. The number of hydrogen-bond donors (Lipinski definition) is 3. The van der Waals surface area contributed by atoms with E-state index in [9.17, 15) is 4.79 Å². The zero-order valence-electron chi connectivity index (χ0n) is 17.2. The number of likely N-dealkylation sites (N-methyl/N-ethyl adjacent to an activating group) is 1. The van der Waals surface area contributed by atoms with Gasteiger partial charge in [-0.1, -0.05) is 31.2 Å². The van der Waals surface area contributed by atoms with Crippen molar-refractivity contribution in [3.8, 4) is 0 Å². The minimum Gasteiger partial charge on any atom is -0.338 e. The van der Waals surface area contributed by atoms with Crippen LogP contribution in [0.4, 0.5) is 5.69 Å². The molecule has 0 saturated carbocycles. The molecule has 29 heavy (non-hydrogen) atoms. The molecule has 0 aliphatic carbocycles. The molecule has 0 aliphatic heterocycles. The summed E-state index contributed by atoms with van der Waals surface area (Å²) < 4.78 is 0. The van der Waals surface area contributed by atoms with E-state index in [1.807, 2.05) is 35.2 Å². The van der Waals surface area contributed by atoms with Gasteiger partial charge in [0.1, 0.15) is 5.82 Å². The lowest BCUT2D eigenvalue weighted by Gasteiger charge is -2.26. The second-order valence-corrected chi connectivity index (χ2v) is 7.78. The number of anilines is 1. The summed E-state index contributed by atoms with van der Waals surface area (Å²) >= 11 is 5.68. The Kier molecular flexibility index (Phi) is 6.95. The van der Waals surface area contributed by atoms with Gasteiger partial charge in [-0.15, -0.1) is 0 Å². The van der Waals surface area contributed by atoms with Crippen molar-refractivity contribution in [1.29, 1.82) is 0 Å². The van der Waals surface area contributed by atoms with Gasteiger partial charge in [-0.2, -0.15) is 0 Å². The fourth-order valence-corrected chi connectivity index (χ4v) is 3.30. The third-order valence-electron chi connectivity index (χ3n) is 4.78. The van der Waals surface area contributed by atoms with Crippen molar-refractivity contribution in [2.45, 2.75) is 19.9 Å². The third-order valence-corrected chi connectivity index (χ3v) is 5.15. The lowest BCUT2D eigenvalue weighted by atomic mass is 10.1. The number of thiocarbonyl (C=S) groups is 1. The monoisotopic (exact) mass is 410 g/mol. The Morgan fingerprint density at radius 3 is 2.59 bits per heavy atom. The van der Waals surface area contributed by atoms with Gasteiger partial charge in [-0.05, 0) is 48.5 Å².